The number of hydrogen-bond donors (Lipinski definition) is 0. The molecule has 0 aromatic heterocycles. The molecule has 1 aromatic carbocycles. The summed E-state index contributed by atoms with van der Waals surface area (Å²) in [5.74, 6) is 5.71. The van der Waals surface area contributed by atoms with Crippen molar-refractivity contribution in [3.05, 3.63) is 44.8 Å². The summed E-state index contributed by atoms with van der Waals surface area (Å²) in [6.45, 7) is 0.355. The molecular weight excluding hydrogens is 224 g/mol. The van der Waals surface area contributed by atoms with Crippen molar-refractivity contribution in [2.75, 3.05) is 6.54 Å². The number of nitrogens with zero attached hydrogens (tertiary/aromatic N) is 4. The second-order valence-electron chi connectivity index (χ2n) is 2.81. The highest BCUT2D eigenvalue weighted by Crippen LogP contribution is 2.16. The smallest absolute Gasteiger partial charge is 0.101 e. The van der Waals surface area contributed by atoms with Crippen molar-refractivity contribution < 1.29 is 0 Å². The second kappa shape index (κ2) is 6.37. The van der Waals surface area contributed by atoms with Crippen LogP contribution < -0.4 is 0 Å². The predicted molar refractivity (Wildman–Crippen MR) is 61.7 cm³/mol. The summed E-state index contributed by atoms with van der Waals surface area (Å²) < 4.78 is 0. The van der Waals surface area contributed by atoms with Gasteiger partial charge in [-0.3, -0.25) is 0 Å². The van der Waals surface area contributed by atoms with Gasteiger partial charge in [0.15, 0.2) is 0 Å². The minimum Gasteiger partial charge on any atom is -0.192 e. The molecule has 0 unspecified atom stereocenters. The second-order valence-corrected chi connectivity index (χ2v) is 3.22. The monoisotopic (exact) mass is 230 g/mol. The van der Waals surface area contributed by atoms with E-state index in [-0.39, 0.29) is 0 Å². The first-order valence-electron chi connectivity index (χ1n) is 4.47. The number of azide groups is 1. The molecule has 78 valence electrons. The summed E-state index contributed by atoms with van der Waals surface area (Å²) in [4.78, 5) is 2.62. The lowest BCUT2D eigenvalue weighted by atomic mass is 10.1. The number of hydrogen-bond acceptors (Lipinski definition) is 2. The normalized spacial score (nSPS) is 8.25. The Morgan fingerprint density at radius 2 is 2.31 bits per heavy atom. The molecule has 0 saturated carbocycles. The fourth-order valence-corrected chi connectivity index (χ4v) is 1.22. The quantitative estimate of drug-likeness (QED) is 0.253. The Kier molecular flexibility index (Phi) is 4.76. The Hall–Kier alpha value is -2.13. The maximum absolute atomic E-state index is 8.67. The Labute approximate surface area is 98.1 Å². The molecule has 1 aromatic rings. The maximum atomic E-state index is 8.67. The Bertz CT molecular complexity index is 527. The Morgan fingerprint density at radius 3 is 2.94 bits per heavy atom. The van der Waals surface area contributed by atoms with Gasteiger partial charge in [0.05, 0.1) is 10.6 Å². The van der Waals surface area contributed by atoms with E-state index >= 15 is 0 Å². The van der Waals surface area contributed by atoms with Crippen molar-refractivity contribution >= 4 is 11.6 Å². The third-order valence-electron chi connectivity index (χ3n) is 1.72. The van der Waals surface area contributed by atoms with Crippen LogP contribution in [0.15, 0.2) is 23.3 Å². The van der Waals surface area contributed by atoms with Crippen LogP contribution >= 0.6 is 11.6 Å². The molecule has 0 radical (unpaired) electrons. The Balaban J connectivity index is 2.72. The maximum Gasteiger partial charge on any atom is 0.101 e. The first kappa shape index (κ1) is 11.9. The molecule has 0 atom stereocenters. The third kappa shape index (κ3) is 3.55. The van der Waals surface area contributed by atoms with Crippen LogP contribution in [0.1, 0.15) is 17.5 Å². The average Bonchev–Trinajstić information content (AvgIpc) is 2.29. The molecule has 0 fully saturated rings. The third-order valence-corrected chi connectivity index (χ3v) is 2.04. The van der Waals surface area contributed by atoms with E-state index in [4.69, 9.17) is 22.4 Å². The van der Waals surface area contributed by atoms with Gasteiger partial charge in [0.25, 0.3) is 0 Å². The van der Waals surface area contributed by atoms with E-state index in [1.54, 1.807) is 18.2 Å². The first-order valence-corrected chi connectivity index (χ1v) is 4.85. The standard InChI is InChI=1S/C11H7ClN4/c12-11-7-9(4-5-10(11)8-13)3-1-2-6-15-16-14/h4-5,7H,2,6H2. The van der Waals surface area contributed by atoms with Gasteiger partial charge in [-0.1, -0.05) is 28.6 Å². The number of rotatable bonds is 2. The summed E-state index contributed by atoms with van der Waals surface area (Å²) in [7, 11) is 0. The molecule has 0 N–H and O–H groups in total. The van der Waals surface area contributed by atoms with Gasteiger partial charge in [0.1, 0.15) is 6.07 Å². The molecular formula is C11H7ClN4. The lowest BCUT2D eigenvalue weighted by molar-refractivity contribution is 1.01. The van der Waals surface area contributed by atoms with Crippen molar-refractivity contribution in [1.82, 2.24) is 0 Å². The van der Waals surface area contributed by atoms with Crippen LogP contribution in [-0.4, -0.2) is 6.54 Å². The summed E-state index contributed by atoms with van der Waals surface area (Å²) in [5, 5.41) is 12.4. The molecule has 4 nitrogen and oxygen atoms in total. The van der Waals surface area contributed by atoms with Gasteiger partial charge in [-0.15, -0.1) is 0 Å². The zero-order valence-electron chi connectivity index (χ0n) is 8.31. The van der Waals surface area contributed by atoms with Gasteiger partial charge in [-0.25, -0.2) is 0 Å². The highest BCUT2D eigenvalue weighted by Gasteiger charge is 1.98. The van der Waals surface area contributed by atoms with E-state index in [0.717, 1.165) is 5.56 Å². The molecule has 0 heterocycles. The van der Waals surface area contributed by atoms with Gasteiger partial charge in [-0.2, -0.15) is 5.26 Å². The molecule has 0 aliphatic heterocycles. The van der Waals surface area contributed by atoms with E-state index in [2.05, 4.69) is 21.9 Å². The van der Waals surface area contributed by atoms with Crippen LogP contribution in [0.3, 0.4) is 0 Å². The fourth-order valence-electron chi connectivity index (χ4n) is 0.999. The van der Waals surface area contributed by atoms with Crippen molar-refractivity contribution in [3.63, 3.8) is 0 Å². The molecule has 16 heavy (non-hydrogen) atoms. The van der Waals surface area contributed by atoms with Crippen LogP contribution in [-0.2, 0) is 0 Å². The van der Waals surface area contributed by atoms with Crippen LogP contribution in [0, 0.1) is 23.2 Å². The summed E-state index contributed by atoms with van der Waals surface area (Å²) in [6.07, 6.45) is 0.502. The summed E-state index contributed by atoms with van der Waals surface area (Å²) in [6, 6.07) is 6.96. The predicted octanol–water partition coefficient (Wildman–Crippen LogP) is 3.26. The lowest BCUT2D eigenvalue weighted by Gasteiger charge is -1.94. The molecule has 1 rings (SSSR count). The minimum atomic E-state index is 0.355. The molecule has 0 spiro atoms. The van der Waals surface area contributed by atoms with Gasteiger partial charge < -0.3 is 0 Å². The number of benzene rings is 1. The van der Waals surface area contributed by atoms with Gasteiger partial charge in [0, 0.05) is 23.4 Å². The SMILES string of the molecule is N#Cc1ccc(C#CCCN=[N+]=[N-])cc1Cl. The minimum absolute atomic E-state index is 0.355. The topological polar surface area (TPSA) is 72.5 Å². The number of nitriles is 1. The Morgan fingerprint density at radius 1 is 1.50 bits per heavy atom. The van der Waals surface area contributed by atoms with E-state index in [0.29, 0.717) is 23.6 Å². The highest BCUT2D eigenvalue weighted by atomic mass is 35.5. The van der Waals surface area contributed by atoms with Gasteiger partial charge >= 0.3 is 0 Å². The molecule has 5 heteroatoms. The lowest BCUT2D eigenvalue weighted by Crippen LogP contribution is -1.80. The van der Waals surface area contributed by atoms with Crippen molar-refractivity contribution in [1.29, 1.82) is 5.26 Å². The largest absolute Gasteiger partial charge is 0.192 e. The summed E-state index contributed by atoms with van der Waals surface area (Å²) >= 11 is 5.84. The van der Waals surface area contributed by atoms with Crippen LogP contribution in [0.2, 0.25) is 5.02 Å². The molecule has 0 saturated heterocycles. The van der Waals surface area contributed by atoms with Crippen molar-refractivity contribution in [3.8, 4) is 17.9 Å². The van der Waals surface area contributed by atoms with Crippen LogP contribution in [0.25, 0.3) is 10.4 Å². The zero-order chi connectivity index (χ0) is 11.8. The van der Waals surface area contributed by atoms with E-state index in [9.17, 15) is 0 Å². The van der Waals surface area contributed by atoms with Crippen molar-refractivity contribution in [2.45, 2.75) is 6.42 Å². The van der Waals surface area contributed by atoms with E-state index in [1.807, 2.05) is 6.07 Å². The average molecular weight is 231 g/mol. The fraction of sp³-hybridized carbons (Fsp3) is 0.182. The van der Waals surface area contributed by atoms with Gasteiger partial charge in [-0.05, 0) is 23.7 Å². The van der Waals surface area contributed by atoms with Crippen molar-refractivity contribution in [2.24, 2.45) is 5.11 Å². The molecule has 0 amide bonds. The molecule has 0 aliphatic carbocycles. The molecule has 0 aliphatic rings. The van der Waals surface area contributed by atoms with E-state index in [1.165, 1.54) is 0 Å². The first-order chi connectivity index (χ1) is 7.77. The van der Waals surface area contributed by atoms with Crippen LogP contribution in [0.5, 0.6) is 0 Å². The highest BCUT2D eigenvalue weighted by molar-refractivity contribution is 6.31. The summed E-state index contributed by atoms with van der Waals surface area (Å²) in [5.41, 5.74) is 9.21. The van der Waals surface area contributed by atoms with Gasteiger partial charge in [0.2, 0.25) is 0 Å². The number of halogens is 1. The van der Waals surface area contributed by atoms with E-state index < -0.39 is 0 Å². The molecule has 0 bridgehead atoms. The zero-order valence-corrected chi connectivity index (χ0v) is 9.07. The van der Waals surface area contributed by atoms with Crippen LogP contribution in [0.4, 0.5) is 0 Å².